The molecular formula is C23H22F3N5O. The Kier molecular flexibility index (Phi) is 4.93. The summed E-state index contributed by atoms with van der Waals surface area (Å²) in [4.78, 5) is 17.9. The van der Waals surface area contributed by atoms with Crippen molar-refractivity contribution >= 4 is 28.3 Å². The first-order valence-corrected chi connectivity index (χ1v) is 10.5. The zero-order chi connectivity index (χ0) is 22.5. The lowest BCUT2D eigenvalue weighted by Crippen LogP contribution is -2.31. The number of para-hydroxylation sites is 1. The number of carbonyl (C=O) groups excluding carboxylic acids is 1. The van der Waals surface area contributed by atoms with Crippen molar-refractivity contribution in [3.63, 3.8) is 0 Å². The highest BCUT2D eigenvalue weighted by Crippen LogP contribution is 2.36. The smallest absolute Gasteiger partial charge is 0.344 e. The monoisotopic (exact) mass is 441 g/mol. The minimum atomic E-state index is -4.67. The van der Waals surface area contributed by atoms with E-state index in [1.165, 1.54) is 35.0 Å². The summed E-state index contributed by atoms with van der Waals surface area (Å²) in [6.07, 6.45) is -2.26. The van der Waals surface area contributed by atoms with Crippen LogP contribution in [0.2, 0.25) is 0 Å². The second-order valence-electron chi connectivity index (χ2n) is 7.93. The van der Waals surface area contributed by atoms with Crippen molar-refractivity contribution in [1.82, 2.24) is 19.3 Å². The number of benzene rings is 1. The normalized spacial score (nSPS) is 14.1. The number of aryl methyl sites for hydroxylation is 1. The lowest BCUT2D eigenvalue weighted by molar-refractivity contribution is -0.140. The summed E-state index contributed by atoms with van der Waals surface area (Å²) in [6.45, 7) is 2.03. The number of hydrogen-bond acceptors (Lipinski definition) is 3. The molecule has 0 saturated carbocycles. The van der Waals surface area contributed by atoms with Gasteiger partial charge in [-0.05, 0) is 23.8 Å². The van der Waals surface area contributed by atoms with Crippen LogP contribution in [0.4, 0.5) is 19.0 Å². The SMILES string of the molecule is CN(C(=O)CCn1c2c(c3ccccc31)CNCC2)c1c(C(F)(F)F)nc2ccccn12. The largest absolute Gasteiger partial charge is 0.437 e. The Hall–Kier alpha value is -3.33. The predicted molar refractivity (Wildman–Crippen MR) is 116 cm³/mol. The van der Waals surface area contributed by atoms with E-state index in [1.54, 1.807) is 12.1 Å². The topological polar surface area (TPSA) is 54.6 Å². The third kappa shape index (κ3) is 3.33. The molecule has 0 unspecified atom stereocenters. The van der Waals surface area contributed by atoms with Gasteiger partial charge in [0.15, 0.2) is 11.5 Å². The molecule has 9 heteroatoms. The highest BCUT2D eigenvalue weighted by atomic mass is 19.4. The number of halogens is 3. The minimum absolute atomic E-state index is 0.0758. The maximum absolute atomic E-state index is 13.7. The molecule has 0 radical (unpaired) electrons. The van der Waals surface area contributed by atoms with Gasteiger partial charge in [0, 0.05) is 62.3 Å². The summed E-state index contributed by atoms with van der Waals surface area (Å²) in [5.74, 6) is -0.664. The second kappa shape index (κ2) is 7.67. The number of nitrogens with zero attached hydrogens (tertiary/aromatic N) is 4. The highest BCUT2D eigenvalue weighted by Gasteiger charge is 2.40. The molecule has 6 nitrogen and oxygen atoms in total. The standard InChI is InChI=1S/C23H22F3N5O/c1-29(22-21(23(24,25)26)28-19-8-4-5-12-31(19)22)20(32)10-13-30-17-7-3-2-6-15(17)16-14-27-11-9-18(16)30/h2-8,12,27H,9-11,13-14H2,1H3. The van der Waals surface area contributed by atoms with Crippen LogP contribution in [0, 0.1) is 0 Å². The summed E-state index contributed by atoms with van der Waals surface area (Å²) in [5, 5.41) is 4.53. The van der Waals surface area contributed by atoms with Gasteiger partial charge in [-0.2, -0.15) is 13.2 Å². The van der Waals surface area contributed by atoms with Crippen molar-refractivity contribution in [1.29, 1.82) is 0 Å². The molecule has 1 N–H and O–H groups in total. The Morgan fingerprint density at radius 1 is 1.19 bits per heavy atom. The van der Waals surface area contributed by atoms with Crippen LogP contribution in [0.25, 0.3) is 16.6 Å². The van der Waals surface area contributed by atoms with Gasteiger partial charge in [0.2, 0.25) is 5.91 Å². The number of aromatic nitrogens is 3. The first-order valence-electron chi connectivity index (χ1n) is 10.5. The van der Waals surface area contributed by atoms with Crippen LogP contribution in [0.1, 0.15) is 23.4 Å². The fourth-order valence-electron chi connectivity index (χ4n) is 4.57. The van der Waals surface area contributed by atoms with E-state index < -0.39 is 17.8 Å². The Labute approximate surface area is 182 Å². The molecular weight excluding hydrogens is 419 g/mol. The number of imidazole rings is 1. The predicted octanol–water partition coefficient (Wildman–Crippen LogP) is 4.01. The highest BCUT2D eigenvalue weighted by molar-refractivity contribution is 5.93. The summed E-state index contributed by atoms with van der Waals surface area (Å²) in [7, 11) is 1.38. The zero-order valence-corrected chi connectivity index (χ0v) is 17.5. The van der Waals surface area contributed by atoms with Crippen LogP contribution in [-0.2, 0) is 30.5 Å². The second-order valence-corrected chi connectivity index (χ2v) is 7.93. The Balaban J connectivity index is 1.46. The van der Waals surface area contributed by atoms with Gasteiger partial charge in [0.25, 0.3) is 0 Å². The molecule has 4 aromatic rings. The Bertz CT molecular complexity index is 1320. The average Bonchev–Trinajstić information content (AvgIpc) is 3.33. The molecule has 0 fully saturated rings. The molecule has 5 rings (SSSR count). The first kappa shape index (κ1) is 20.6. The van der Waals surface area contributed by atoms with E-state index in [-0.39, 0.29) is 17.9 Å². The lowest BCUT2D eigenvalue weighted by atomic mass is 10.1. The van der Waals surface area contributed by atoms with Crippen molar-refractivity contribution in [3.8, 4) is 0 Å². The van der Waals surface area contributed by atoms with Crippen molar-refractivity contribution < 1.29 is 18.0 Å². The van der Waals surface area contributed by atoms with Gasteiger partial charge in [-0.15, -0.1) is 0 Å². The lowest BCUT2D eigenvalue weighted by Gasteiger charge is -2.21. The molecule has 0 spiro atoms. The molecule has 1 amide bonds. The molecule has 0 bridgehead atoms. The molecule has 1 aliphatic heterocycles. The third-order valence-corrected chi connectivity index (χ3v) is 6.05. The number of amides is 1. The van der Waals surface area contributed by atoms with Crippen LogP contribution in [0.3, 0.4) is 0 Å². The minimum Gasteiger partial charge on any atom is -0.344 e. The van der Waals surface area contributed by atoms with Crippen molar-refractivity contribution in [3.05, 3.63) is 65.6 Å². The van der Waals surface area contributed by atoms with Gasteiger partial charge < -0.3 is 9.88 Å². The molecule has 0 aliphatic carbocycles. The summed E-state index contributed by atoms with van der Waals surface area (Å²) in [5.41, 5.74) is 2.55. The maximum Gasteiger partial charge on any atom is 0.437 e. The van der Waals surface area contributed by atoms with Gasteiger partial charge in [0.05, 0.1) is 0 Å². The molecule has 1 aromatic carbocycles. The van der Waals surface area contributed by atoms with Crippen LogP contribution < -0.4 is 10.2 Å². The molecule has 0 saturated heterocycles. The maximum atomic E-state index is 13.7. The van der Waals surface area contributed by atoms with Gasteiger partial charge in [-0.3, -0.25) is 14.1 Å². The fraction of sp³-hybridized carbons (Fsp3) is 0.304. The van der Waals surface area contributed by atoms with Crippen LogP contribution in [0.5, 0.6) is 0 Å². The van der Waals surface area contributed by atoms with Crippen LogP contribution in [0.15, 0.2) is 48.7 Å². The molecule has 0 atom stereocenters. The van der Waals surface area contributed by atoms with Gasteiger partial charge in [0.1, 0.15) is 5.65 Å². The number of rotatable bonds is 4. The van der Waals surface area contributed by atoms with Gasteiger partial charge >= 0.3 is 6.18 Å². The van der Waals surface area contributed by atoms with E-state index in [0.29, 0.717) is 6.54 Å². The van der Waals surface area contributed by atoms with Crippen molar-refractivity contribution in [2.75, 3.05) is 18.5 Å². The van der Waals surface area contributed by atoms with Crippen molar-refractivity contribution in [2.45, 2.75) is 32.1 Å². The number of fused-ring (bicyclic) bond motifs is 4. The molecule has 1 aliphatic rings. The fourth-order valence-corrected chi connectivity index (χ4v) is 4.57. The first-order chi connectivity index (χ1) is 15.4. The third-order valence-electron chi connectivity index (χ3n) is 6.05. The van der Waals surface area contributed by atoms with Crippen molar-refractivity contribution in [2.24, 2.45) is 0 Å². The average molecular weight is 441 g/mol. The summed E-state index contributed by atoms with van der Waals surface area (Å²) in [6, 6.07) is 12.8. The number of hydrogen-bond donors (Lipinski definition) is 1. The molecule has 3 aromatic heterocycles. The van der Waals surface area contributed by atoms with Crippen LogP contribution >= 0.6 is 0 Å². The number of anilines is 1. The van der Waals surface area contributed by atoms with E-state index in [1.807, 2.05) is 18.2 Å². The number of alkyl halides is 3. The van der Waals surface area contributed by atoms with E-state index in [2.05, 4.69) is 20.9 Å². The molecule has 32 heavy (non-hydrogen) atoms. The van der Waals surface area contributed by atoms with E-state index in [9.17, 15) is 18.0 Å². The quantitative estimate of drug-likeness (QED) is 0.521. The van der Waals surface area contributed by atoms with E-state index in [0.717, 1.165) is 35.3 Å². The summed E-state index contributed by atoms with van der Waals surface area (Å²) >= 11 is 0. The number of nitrogens with one attached hydrogen (secondary N) is 1. The Morgan fingerprint density at radius 2 is 1.97 bits per heavy atom. The van der Waals surface area contributed by atoms with Crippen LogP contribution in [-0.4, -0.2) is 33.5 Å². The number of pyridine rings is 1. The summed E-state index contributed by atoms with van der Waals surface area (Å²) < 4.78 is 44.4. The van der Waals surface area contributed by atoms with Gasteiger partial charge in [-0.1, -0.05) is 24.3 Å². The molecule has 4 heterocycles. The molecule has 166 valence electrons. The van der Waals surface area contributed by atoms with Gasteiger partial charge in [-0.25, -0.2) is 4.98 Å². The van der Waals surface area contributed by atoms with E-state index in [4.69, 9.17) is 0 Å². The van der Waals surface area contributed by atoms with E-state index >= 15 is 0 Å². The Morgan fingerprint density at radius 3 is 2.78 bits per heavy atom. The number of carbonyl (C=O) groups is 1. The zero-order valence-electron chi connectivity index (χ0n) is 17.5.